The molecule has 1 heterocycles. The summed E-state index contributed by atoms with van der Waals surface area (Å²) in [5.74, 6) is 1.49. The Hall–Kier alpha value is -1.91. The monoisotopic (exact) mass is 229 g/mol. The van der Waals surface area contributed by atoms with Crippen molar-refractivity contribution in [1.82, 2.24) is 20.6 Å². The molecule has 1 aliphatic rings. The van der Waals surface area contributed by atoms with E-state index in [4.69, 9.17) is 0 Å². The second-order valence-corrected chi connectivity index (χ2v) is 4.49. The number of rotatable bonds is 4. The van der Waals surface area contributed by atoms with Crippen molar-refractivity contribution >= 4 is 5.69 Å². The minimum absolute atomic E-state index is 0.636. The minimum atomic E-state index is 0.636. The SMILES string of the molecule is c1cc(NCC2CCC2)cc(-c2nn[nH]n2)c1. The fourth-order valence-electron chi connectivity index (χ4n) is 2.01. The molecule has 2 N–H and O–H groups in total. The summed E-state index contributed by atoms with van der Waals surface area (Å²) >= 11 is 0. The van der Waals surface area contributed by atoms with Crippen LogP contribution in [0.5, 0.6) is 0 Å². The first-order valence-electron chi connectivity index (χ1n) is 5.99. The van der Waals surface area contributed by atoms with Gasteiger partial charge in [-0.3, -0.25) is 0 Å². The average Bonchev–Trinajstić information content (AvgIpc) is 2.81. The third kappa shape index (κ3) is 2.27. The van der Waals surface area contributed by atoms with Crippen LogP contribution in [0.1, 0.15) is 19.3 Å². The molecule has 2 aromatic rings. The smallest absolute Gasteiger partial charge is 0.204 e. The van der Waals surface area contributed by atoms with Gasteiger partial charge >= 0.3 is 0 Å². The highest BCUT2D eigenvalue weighted by atomic mass is 15.5. The molecule has 0 aliphatic heterocycles. The number of aromatic nitrogens is 4. The molecule has 0 unspecified atom stereocenters. The van der Waals surface area contributed by atoms with Crippen molar-refractivity contribution in [3.8, 4) is 11.4 Å². The van der Waals surface area contributed by atoms with Crippen molar-refractivity contribution in [1.29, 1.82) is 0 Å². The number of nitrogens with one attached hydrogen (secondary N) is 2. The number of benzene rings is 1. The number of nitrogens with zero attached hydrogens (tertiary/aromatic N) is 3. The minimum Gasteiger partial charge on any atom is -0.385 e. The predicted molar refractivity (Wildman–Crippen MR) is 65.4 cm³/mol. The van der Waals surface area contributed by atoms with Gasteiger partial charge in [-0.1, -0.05) is 18.6 Å². The molecule has 0 spiro atoms. The zero-order valence-corrected chi connectivity index (χ0v) is 9.56. The molecule has 0 radical (unpaired) electrons. The molecular formula is C12H15N5. The lowest BCUT2D eigenvalue weighted by Gasteiger charge is -2.25. The highest BCUT2D eigenvalue weighted by molar-refractivity contribution is 5.61. The van der Waals surface area contributed by atoms with Crippen LogP contribution in [0.2, 0.25) is 0 Å². The lowest BCUT2D eigenvalue weighted by Crippen LogP contribution is -2.20. The molecule has 1 saturated carbocycles. The van der Waals surface area contributed by atoms with Crippen LogP contribution >= 0.6 is 0 Å². The average molecular weight is 229 g/mol. The molecule has 1 aliphatic carbocycles. The Bertz CT molecular complexity index is 475. The Balaban J connectivity index is 1.70. The molecule has 17 heavy (non-hydrogen) atoms. The lowest BCUT2D eigenvalue weighted by molar-refractivity contribution is 0.333. The van der Waals surface area contributed by atoms with Gasteiger partial charge in [-0.25, -0.2) is 0 Å². The molecule has 0 saturated heterocycles. The van der Waals surface area contributed by atoms with E-state index in [9.17, 15) is 0 Å². The van der Waals surface area contributed by atoms with Gasteiger partial charge in [-0.15, -0.1) is 10.2 Å². The van der Waals surface area contributed by atoms with Gasteiger partial charge in [0.05, 0.1) is 0 Å². The van der Waals surface area contributed by atoms with Crippen LogP contribution in [0.15, 0.2) is 24.3 Å². The zero-order valence-electron chi connectivity index (χ0n) is 9.56. The Morgan fingerprint density at radius 2 is 2.29 bits per heavy atom. The Kier molecular flexibility index (Phi) is 2.73. The van der Waals surface area contributed by atoms with E-state index < -0.39 is 0 Å². The molecule has 1 aromatic carbocycles. The Morgan fingerprint density at radius 3 is 3.00 bits per heavy atom. The second kappa shape index (κ2) is 4.53. The van der Waals surface area contributed by atoms with Crippen molar-refractivity contribution in [2.75, 3.05) is 11.9 Å². The van der Waals surface area contributed by atoms with Gasteiger partial charge in [0.15, 0.2) is 0 Å². The molecule has 3 rings (SSSR count). The molecule has 0 amide bonds. The molecule has 1 aromatic heterocycles. The summed E-state index contributed by atoms with van der Waals surface area (Å²) in [4.78, 5) is 0. The first-order chi connectivity index (χ1) is 8.42. The van der Waals surface area contributed by atoms with E-state index in [0.29, 0.717) is 5.82 Å². The van der Waals surface area contributed by atoms with Crippen molar-refractivity contribution < 1.29 is 0 Å². The maximum atomic E-state index is 3.98. The van der Waals surface area contributed by atoms with Crippen molar-refractivity contribution in [3.05, 3.63) is 24.3 Å². The molecule has 5 nitrogen and oxygen atoms in total. The quantitative estimate of drug-likeness (QED) is 0.842. The van der Waals surface area contributed by atoms with Gasteiger partial charge in [0.2, 0.25) is 5.82 Å². The van der Waals surface area contributed by atoms with Crippen LogP contribution in [0, 0.1) is 5.92 Å². The van der Waals surface area contributed by atoms with E-state index in [1.807, 2.05) is 12.1 Å². The van der Waals surface area contributed by atoms with Crippen LogP contribution in [0.25, 0.3) is 11.4 Å². The third-order valence-electron chi connectivity index (χ3n) is 3.29. The second-order valence-electron chi connectivity index (χ2n) is 4.49. The summed E-state index contributed by atoms with van der Waals surface area (Å²) in [6.07, 6.45) is 4.10. The van der Waals surface area contributed by atoms with Crippen LogP contribution in [0.3, 0.4) is 0 Å². The van der Waals surface area contributed by atoms with Crippen LogP contribution in [-0.4, -0.2) is 27.2 Å². The first-order valence-corrected chi connectivity index (χ1v) is 5.99. The number of tetrazole rings is 1. The van der Waals surface area contributed by atoms with Gasteiger partial charge in [0, 0.05) is 17.8 Å². The van der Waals surface area contributed by atoms with Crippen LogP contribution in [0.4, 0.5) is 5.69 Å². The summed E-state index contributed by atoms with van der Waals surface area (Å²) in [6, 6.07) is 8.12. The first kappa shape index (κ1) is 10.3. The topological polar surface area (TPSA) is 66.5 Å². The predicted octanol–water partition coefficient (Wildman–Crippen LogP) is 2.08. The van der Waals surface area contributed by atoms with E-state index in [1.165, 1.54) is 19.3 Å². The van der Waals surface area contributed by atoms with E-state index in [-0.39, 0.29) is 0 Å². The van der Waals surface area contributed by atoms with Crippen LogP contribution < -0.4 is 5.32 Å². The summed E-state index contributed by atoms with van der Waals surface area (Å²) in [6.45, 7) is 1.07. The number of hydrogen-bond acceptors (Lipinski definition) is 4. The van der Waals surface area contributed by atoms with Crippen molar-refractivity contribution in [2.24, 2.45) is 5.92 Å². The Morgan fingerprint density at radius 1 is 1.35 bits per heavy atom. The lowest BCUT2D eigenvalue weighted by atomic mass is 9.85. The largest absolute Gasteiger partial charge is 0.385 e. The summed E-state index contributed by atoms with van der Waals surface area (Å²) < 4.78 is 0. The van der Waals surface area contributed by atoms with E-state index in [1.54, 1.807) is 0 Å². The molecule has 1 fully saturated rings. The van der Waals surface area contributed by atoms with Gasteiger partial charge in [-0.05, 0) is 36.1 Å². The molecule has 0 bridgehead atoms. The van der Waals surface area contributed by atoms with Gasteiger partial charge in [0.1, 0.15) is 0 Å². The molecule has 0 atom stereocenters. The van der Waals surface area contributed by atoms with E-state index >= 15 is 0 Å². The Labute approximate surface area is 99.6 Å². The maximum Gasteiger partial charge on any atom is 0.204 e. The summed E-state index contributed by atoms with van der Waals surface area (Å²) in [5.41, 5.74) is 2.11. The summed E-state index contributed by atoms with van der Waals surface area (Å²) in [5, 5.41) is 17.4. The number of aromatic amines is 1. The third-order valence-corrected chi connectivity index (χ3v) is 3.29. The standard InChI is InChI=1S/C12H15N5/c1-3-9(4-1)8-13-11-6-2-5-10(7-11)12-14-16-17-15-12/h2,5-7,9,13H,1,3-4,8H2,(H,14,15,16,17). The van der Waals surface area contributed by atoms with Gasteiger partial charge < -0.3 is 5.32 Å². The van der Waals surface area contributed by atoms with E-state index in [0.717, 1.165) is 23.7 Å². The van der Waals surface area contributed by atoms with Gasteiger partial charge in [0.25, 0.3) is 0 Å². The normalized spacial score (nSPS) is 15.5. The fraction of sp³-hybridized carbons (Fsp3) is 0.417. The number of H-pyrrole nitrogens is 1. The molecule has 5 heteroatoms. The number of anilines is 1. The molecular weight excluding hydrogens is 214 g/mol. The summed E-state index contributed by atoms with van der Waals surface area (Å²) in [7, 11) is 0. The van der Waals surface area contributed by atoms with Crippen molar-refractivity contribution in [3.63, 3.8) is 0 Å². The van der Waals surface area contributed by atoms with E-state index in [2.05, 4.69) is 38.1 Å². The van der Waals surface area contributed by atoms with Crippen LogP contribution in [-0.2, 0) is 0 Å². The molecule has 88 valence electrons. The van der Waals surface area contributed by atoms with Crippen molar-refractivity contribution in [2.45, 2.75) is 19.3 Å². The number of hydrogen-bond donors (Lipinski definition) is 2. The highest BCUT2D eigenvalue weighted by Gasteiger charge is 2.16. The maximum absolute atomic E-state index is 3.98. The highest BCUT2D eigenvalue weighted by Crippen LogP contribution is 2.27. The zero-order chi connectivity index (χ0) is 11.5. The van der Waals surface area contributed by atoms with Gasteiger partial charge in [-0.2, -0.15) is 5.21 Å². The fourth-order valence-corrected chi connectivity index (χ4v) is 2.01.